The molecule has 0 unspecified atom stereocenters. The molecule has 0 atom stereocenters. The Balaban J connectivity index is 0. The Labute approximate surface area is 42.0 Å². The summed E-state index contributed by atoms with van der Waals surface area (Å²) in [5, 5.41) is 0. The van der Waals surface area contributed by atoms with Crippen LogP contribution < -0.4 is 5.48 Å². The molecule has 2 N–H and O–H groups in total. The van der Waals surface area contributed by atoms with Gasteiger partial charge >= 0.3 is 0 Å². The van der Waals surface area contributed by atoms with E-state index in [0.29, 0.717) is 0 Å². The Morgan fingerprint density at radius 2 is 1.83 bits per heavy atom. The SMILES string of the molecule is CNOC.OCl. The molecule has 0 aromatic rings. The number of halogens is 1. The van der Waals surface area contributed by atoms with Gasteiger partial charge < -0.3 is 4.84 Å². The van der Waals surface area contributed by atoms with Crippen molar-refractivity contribution in [3.05, 3.63) is 0 Å². The molecule has 0 aliphatic rings. The van der Waals surface area contributed by atoms with Gasteiger partial charge in [-0.2, -0.15) is 0 Å². The highest BCUT2D eigenvalue weighted by Crippen LogP contribution is 1.32. The monoisotopic (exact) mass is 113 g/mol. The Bertz CT molecular complexity index is 13.5. The summed E-state index contributed by atoms with van der Waals surface area (Å²) < 4.78 is 6.47. The number of nitrogens with one attached hydrogen (secondary N) is 1. The number of rotatable bonds is 1. The fraction of sp³-hybridized carbons (Fsp3) is 1.00. The van der Waals surface area contributed by atoms with Crippen molar-refractivity contribution >= 4 is 11.9 Å². The number of hydrogen-bond acceptors (Lipinski definition) is 3. The molecule has 0 spiro atoms. The lowest BCUT2D eigenvalue weighted by atomic mass is 11.5. The third kappa shape index (κ3) is 30.6. The molecule has 3 nitrogen and oxygen atoms in total. The largest absolute Gasteiger partial charge is 0.305 e. The van der Waals surface area contributed by atoms with E-state index in [0.717, 1.165) is 0 Å². The molecule has 0 radical (unpaired) electrons. The molecule has 0 bridgehead atoms. The second-order valence-corrected chi connectivity index (χ2v) is 0.408. The van der Waals surface area contributed by atoms with E-state index in [1.165, 1.54) is 0 Å². The molecule has 0 amide bonds. The van der Waals surface area contributed by atoms with E-state index in [2.05, 4.69) is 22.2 Å². The average Bonchev–Trinajstić information content (AvgIpc) is 1.72. The highest BCUT2D eigenvalue weighted by molar-refractivity contribution is 6.04. The Morgan fingerprint density at radius 3 is 1.83 bits per heavy atom. The van der Waals surface area contributed by atoms with Gasteiger partial charge in [-0.1, -0.05) is 0 Å². The lowest BCUT2D eigenvalue weighted by Gasteiger charge is -1.80. The van der Waals surface area contributed by atoms with Gasteiger partial charge in [0.25, 0.3) is 0 Å². The smallest absolute Gasteiger partial charge is 0.0579 e. The van der Waals surface area contributed by atoms with Gasteiger partial charge in [-0.15, -0.1) is 0 Å². The third-order valence-electron chi connectivity index (χ3n) is 0.204. The van der Waals surface area contributed by atoms with Crippen LogP contribution in [0.5, 0.6) is 0 Å². The van der Waals surface area contributed by atoms with Crippen LogP contribution in [0.2, 0.25) is 0 Å². The second kappa shape index (κ2) is 19.1. The Morgan fingerprint density at radius 1 is 1.67 bits per heavy atom. The van der Waals surface area contributed by atoms with Crippen LogP contribution in [-0.2, 0) is 4.84 Å². The van der Waals surface area contributed by atoms with E-state index < -0.39 is 0 Å². The first-order valence-electron chi connectivity index (χ1n) is 1.28. The minimum Gasteiger partial charge on any atom is -0.305 e. The van der Waals surface area contributed by atoms with Gasteiger partial charge in [0, 0.05) is 7.05 Å². The Kier molecular flexibility index (Phi) is 30.2. The molecule has 40 valence electrons. The zero-order valence-electron chi connectivity index (χ0n) is 3.73. The maximum atomic E-state index is 6.47. The van der Waals surface area contributed by atoms with Gasteiger partial charge in [-0.25, -0.2) is 5.48 Å². The fourth-order valence-corrected chi connectivity index (χ4v) is 0. The number of hydrogen-bond donors (Lipinski definition) is 2. The van der Waals surface area contributed by atoms with Crippen LogP contribution in [0.4, 0.5) is 0 Å². The molecule has 0 rings (SSSR count). The number of hydroxylamine groups is 1. The fourth-order valence-electron chi connectivity index (χ4n) is 0. The predicted molar refractivity (Wildman–Crippen MR) is 24.1 cm³/mol. The minimum atomic E-state index is 1.57. The van der Waals surface area contributed by atoms with Crippen LogP contribution in [0.15, 0.2) is 0 Å². The van der Waals surface area contributed by atoms with Gasteiger partial charge in [0.05, 0.1) is 19.0 Å². The zero-order chi connectivity index (χ0) is 5.41. The maximum Gasteiger partial charge on any atom is 0.0579 e. The van der Waals surface area contributed by atoms with E-state index >= 15 is 0 Å². The molecule has 0 saturated heterocycles. The first-order chi connectivity index (χ1) is 2.91. The first-order valence-corrected chi connectivity index (χ1v) is 1.62. The van der Waals surface area contributed by atoms with E-state index in [1.54, 1.807) is 14.2 Å². The van der Waals surface area contributed by atoms with Crippen molar-refractivity contribution in [3.8, 4) is 0 Å². The highest BCUT2D eigenvalue weighted by Gasteiger charge is 1.45. The minimum absolute atomic E-state index is 1.57. The second-order valence-electron chi connectivity index (χ2n) is 0.408. The molecule has 4 heteroatoms. The van der Waals surface area contributed by atoms with Crippen LogP contribution in [-0.4, -0.2) is 18.8 Å². The van der Waals surface area contributed by atoms with E-state index in [-0.39, 0.29) is 0 Å². The standard InChI is InChI=1S/C2H7NO.ClHO/c1-3-4-2;1-2/h3H,1-2H3;2H. The summed E-state index contributed by atoms with van der Waals surface area (Å²) in [5.74, 6) is 0. The van der Waals surface area contributed by atoms with Crippen LogP contribution in [0, 0.1) is 0 Å². The summed E-state index contributed by atoms with van der Waals surface area (Å²) in [6.45, 7) is 0. The summed E-state index contributed by atoms with van der Waals surface area (Å²) in [4.78, 5) is 4.29. The summed E-state index contributed by atoms with van der Waals surface area (Å²) in [5.41, 5.74) is 2.43. The van der Waals surface area contributed by atoms with Gasteiger partial charge in [-0.3, -0.25) is 4.66 Å². The van der Waals surface area contributed by atoms with Gasteiger partial charge in [0.2, 0.25) is 0 Å². The average molecular weight is 114 g/mol. The predicted octanol–water partition coefficient (Wildman–Crippen LogP) is -0.100. The molecule has 0 heterocycles. The van der Waals surface area contributed by atoms with Crippen molar-refractivity contribution in [2.45, 2.75) is 0 Å². The lowest BCUT2D eigenvalue weighted by molar-refractivity contribution is 0.112. The van der Waals surface area contributed by atoms with Crippen molar-refractivity contribution in [2.75, 3.05) is 14.2 Å². The van der Waals surface area contributed by atoms with Gasteiger partial charge in [0.15, 0.2) is 0 Å². The summed E-state index contributed by atoms with van der Waals surface area (Å²) >= 11 is 3.64. The summed E-state index contributed by atoms with van der Waals surface area (Å²) in [7, 11) is 3.28. The maximum absolute atomic E-state index is 6.47. The summed E-state index contributed by atoms with van der Waals surface area (Å²) in [6, 6.07) is 0. The molecule has 0 aliphatic carbocycles. The van der Waals surface area contributed by atoms with Gasteiger partial charge in [0.1, 0.15) is 0 Å². The highest BCUT2D eigenvalue weighted by atomic mass is 35.5. The van der Waals surface area contributed by atoms with Crippen molar-refractivity contribution in [3.63, 3.8) is 0 Å². The molecule has 0 fully saturated rings. The normalized spacial score (nSPS) is 6.00. The van der Waals surface area contributed by atoms with Crippen molar-refractivity contribution in [2.24, 2.45) is 0 Å². The van der Waals surface area contributed by atoms with E-state index in [4.69, 9.17) is 4.66 Å². The van der Waals surface area contributed by atoms with Crippen molar-refractivity contribution in [1.82, 2.24) is 5.48 Å². The molecule has 0 saturated carbocycles. The van der Waals surface area contributed by atoms with Gasteiger partial charge in [-0.05, 0) is 0 Å². The zero-order valence-corrected chi connectivity index (χ0v) is 4.49. The Hall–Kier alpha value is 0.170. The van der Waals surface area contributed by atoms with Crippen molar-refractivity contribution in [1.29, 1.82) is 0 Å². The first kappa shape index (κ1) is 9.48. The molecule has 0 aliphatic heterocycles. The third-order valence-corrected chi connectivity index (χ3v) is 0.204. The molecular weight excluding hydrogens is 105 g/mol. The van der Waals surface area contributed by atoms with E-state index in [1.807, 2.05) is 0 Å². The van der Waals surface area contributed by atoms with E-state index in [9.17, 15) is 0 Å². The topological polar surface area (TPSA) is 41.5 Å². The van der Waals surface area contributed by atoms with Crippen molar-refractivity contribution < 1.29 is 9.50 Å². The molecule has 0 aromatic carbocycles. The van der Waals surface area contributed by atoms with Crippen LogP contribution in [0.1, 0.15) is 0 Å². The molecule has 0 aromatic heterocycles. The molecule has 6 heavy (non-hydrogen) atoms. The molecular formula is C2H8ClNO2. The lowest BCUT2D eigenvalue weighted by Crippen LogP contribution is -2.00. The van der Waals surface area contributed by atoms with Crippen LogP contribution in [0.3, 0.4) is 0 Å². The summed E-state index contributed by atoms with van der Waals surface area (Å²) in [6.07, 6.45) is 0. The quantitative estimate of drug-likeness (QED) is 0.467. The van der Waals surface area contributed by atoms with Crippen LogP contribution >= 0.6 is 11.9 Å². The van der Waals surface area contributed by atoms with Crippen LogP contribution in [0.25, 0.3) is 0 Å².